The first-order valence-corrected chi connectivity index (χ1v) is 5.09. The first-order valence-electron chi connectivity index (χ1n) is 5.09. The molecule has 0 saturated heterocycles. The van der Waals surface area contributed by atoms with Crippen molar-refractivity contribution in [2.24, 2.45) is 5.92 Å². The Kier molecular flexibility index (Phi) is 2.62. The third kappa shape index (κ3) is 2.30. The van der Waals surface area contributed by atoms with Gasteiger partial charge in [-0.25, -0.2) is 4.39 Å². The Bertz CT molecular complexity index is 274. The predicted molar refractivity (Wildman–Crippen MR) is 52.1 cm³/mol. The van der Waals surface area contributed by atoms with Crippen molar-refractivity contribution in [3.8, 4) is 0 Å². The minimum Gasteiger partial charge on any atom is -0.207 e. The average molecular weight is 178 g/mol. The van der Waals surface area contributed by atoms with Crippen molar-refractivity contribution in [3.05, 3.63) is 35.6 Å². The molecule has 1 saturated carbocycles. The Hall–Kier alpha value is -0.850. The molecular weight excluding hydrogens is 163 g/mol. The molecule has 1 aliphatic carbocycles. The molecule has 1 heteroatoms. The topological polar surface area (TPSA) is 0 Å². The quantitative estimate of drug-likeness (QED) is 0.649. The van der Waals surface area contributed by atoms with E-state index >= 15 is 0 Å². The van der Waals surface area contributed by atoms with E-state index in [2.05, 4.69) is 0 Å². The van der Waals surface area contributed by atoms with Gasteiger partial charge in [-0.3, -0.25) is 0 Å². The lowest BCUT2D eigenvalue weighted by Gasteiger charge is -2.08. The van der Waals surface area contributed by atoms with Gasteiger partial charge < -0.3 is 0 Å². The molecule has 0 bridgehead atoms. The molecule has 0 unspecified atom stereocenters. The van der Waals surface area contributed by atoms with Crippen LogP contribution in [-0.2, 0) is 6.42 Å². The first kappa shape index (κ1) is 8.74. The lowest BCUT2D eigenvalue weighted by Crippen LogP contribution is -1.98. The second-order valence-corrected chi connectivity index (χ2v) is 3.98. The first-order chi connectivity index (χ1) is 6.34. The van der Waals surface area contributed by atoms with Gasteiger partial charge in [-0.2, -0.15) is 0 Å². The molecular formula is C12H15F. The van der Waals surface area contributed by atoms with E-state index in [1.807, 2.05) is 6.07 Å². The third-order valence-corrected chi connectivity index (χ3v) is 2.89. The summed E-state index contributed by atoms with van der Waals surface area (Å²) in [6.07, 6.45) is 6.45. The summed E-state index contributed by atoms with van der Waals surface area (Å²) in [7, 11) is 0. The normalized spacial score (nSPS) is 17.9. The second-order valence-electron chi connectivity index (χ2n) is 3.98. The van der Waals surface area contributed by atoms with Crippen LogP contribution in [-0.4, -0.2) is 0 Å². The van der Waals surface area contributed by atoms with Crippen LogP contribution in [0.3, 0.4) is 0 Å². The van der Waals surface area contributed by atoms with Crippen molar-refractivity contribution in [2.75, 3.05) is 0 Å². The third-order valence-electron chi connectivity index (χ3n) is 2.89. The Morgan fingerprint density at radius 3 is 2.69 bits per heavy atom. The highest BCUT2D eigenvalue weighted by Crippen LogP contribution is 2.27. The predicted octanol–water partition coefficient (Wildman–Crippen LogP) is 3.56. The zero-order valence-corrected chi connectivity index (χ0v) is 7.80. The SMILES string of the molecule is Fc1cccc(CC2CCCC2)c1. The van der Waals surface area contributed by atoms with Gasteiger partial charge in [-0.15, -0.1) is 0 Å². The van der Waals surface area contributed by atoms with Crippen LogP contribution in [0.1, 0.15) is 31.2 Å². The molecule has 0 aliphatic heterocycles. The van der Waals surface area contributed by atoms with Gasteiger partial charge in [0.15, 0.2) is 0 Å². The average Bonchev–Trinajstić information content (AvgIpc) is 2.57. The van der Waals surface area contributed by atoms with Crippen LogP contribution in [0.15, 0.2) is 24.3 Å². The lowest BCUT2D eigenvalue weighted by atomic mass is 9.98. The Morgan fingerprint density at radius 1 is 1.23 bits per heavy atom. The molecule has 0 nitrogen and oxygen atoms in total. The van der Waals surface area contributed by atoms with Crippen molar-refractivity contribution in [1.82, 2.24) is 0 Å². The molecule has 1 fully saturated rings. The fraction of sp³-hybridized carbons (Fsp3) is 0.500. The Balaban J connectivity index is 2.00. The molecule has 1 aliphatic rings. The van der Waals surface area contributed by atoms with E-state index in [1.165, 1.54) is 31.7 Å². The summed E-state index contributed by atoms with van der Waals surface area (Å²) in [4.78, 5) is 0. The maximum atomic E-state index is 12.8. The summed E-state index contributed by atoms with van der Waals surface area (Å²) < 4.78 is 12.8. The minimum atomic E-state index is -0.101. The van der Waals surface area contributed by atoms with Crippen molar-refractivity contribution >= 4 is 0 Å². The highest BCUT2D eigenvalue weighted by molar-refractivity contribution is 5.16. The largest absolute Gasteiger partial charge is 0.207 e. The van der Waals surface area contributed by atoms with Gasteiger partial charge in [0.1, 0.15) is 5.82 Å². The molecule has 0 amide bonds. The van der Waals surface area contributed by atoms with Crippen LogP contribution in [0.2, 0.25) is 0 Å². The van der Waals surface area contributed by atoms with Crippen molar-refractivity contribution < 1.29 is 4.39 Å². The number of benzene rings is 1. The van der Waals surface area contributed by atoms with Crippen LogP contribution < -0.4 is 0 Å². The van der Waals surface area contributed by atoms with E-state index in [-0.39, 0.29) is 5.82 Å². The maximum absolute atomic E-state index is 12.8. The molecule has 0 aromatic heterocycles. The summed E-state index contributed by atoms with van der Waals surface area (Å²) in [5, 5.41) is 0. The van der Waals surface area contributed by atoms with E-state index in [4.69, 9.17) is 0 Å². The van der Waals surface area contributed by atoms with E-state index in [0.717, 1.165) is 17.9 Å². The van der Waals surface area contributed by atoms with Gasteiger partial charge in [-0.1, -0.05) is 37.8 Å². The molecule has 0 atom stereocenters. The molecule has 0 radical (unpaired) electrons. The fourth-order valence-electron chi connectivity index (χ4n) is 2.21. The Morgan fingerprint density at radius 2 is 2.00 bits per heavy atom. The van der Waals surface area contributed by atoms with Gasteiger partial charge in [-0.05, 0) is 30.0 Å². The van der Waals surface area contributed by atoms with Crippen LogP contribution in [0, 0.1) is 11.7 Å². The maximum Gasteiger partial charge on any atom is 0.123 e. The monoisotopic (exact) mass is 178 g/mol. The van der Waals surface area contributed by atoms with E-state index in [9.17, 15) is 4.39 Å². The lowest BCUT2D eigenvalue weighted by molar-refractivity contribution is 0.542. The van der Waals surface area contributed by atoms with Gasteiger partial charge in [0.05, 0.1) is 0 Å². The van der Waals surface area contributed by atoms with E-state index in [0.29, 0.717) is 0 Å². The molecule has 13 heavy (non-hydrogen) atoms. The highest BCUT2D eigenvalue weighted by atomic mass is 19.1. The minimum absolute atomic E-state index is 0.101. The standard InChI is InChI=1S/C12H15F/c13-12-7-3-6-11(9-12)8-10-4-1-2-5-10/h3,6-7,9-10H,1-2,4-5,8H2. The molecule has 70 valence electrons. The van der Waals surface area contributed by atoms with Crippen molar-refractivity contribution in [3.63, 3.8) is 0 Å². The molecule has 0 heterocycles. The van der Waals surface area contributed by atoms with Crippen LogP contribution in [0.5, 0.6) is 0 Å². The second kappa shape index (κ2) is 3.91. The van der Waals surface area contributed by atoms with Crippen LogP contribution in [0.4, 0.5) is 4.39 Å². The molecule has 1 aromatic carbocycles. The summed E-state index contributed by atoms with van der Waals surface area (Å²) in [5.74, 6) is 0.706. The summed E-state index contributed by atoms with van der Waals surface area (Å²) >= 11 is 0. The molecule has 0 spiro atoms. The summed E-state index contributed by atoms with van der Waals surface area (Å²) in [6.45, 7) is 0. The zero-order chi connectivity index (χ0) is 9.10. The van der Waals surface area contributed by atoms with Gasteiger partial charge in [0.25, 0.3) is 0 Å². The smallest absolute Gasteiger partial charge is 0.123 e. The molecule has 0 N–H and O–H groups in total. The number of halogens is 1. The number of hydrogen-bond donors (Lipinski definition) is 0. The summed E-state index contributed by atoms with van der Waals surface area (Å²) in [6, 6.07) is 7.01. The van der Waals surface area contributed by atoms with E-state index in [1.54, 1.807) is 12.1 Å². The molecule has 2 rings (SSSR count). The summed E-state index contributed by atoms with van der Waals surface area (Å²) in [5.41, 5.74) is 1.16. The van der Waals surface area contributed by atoms with Gasteiger partial charge in [0.2, 0.25) is 0 Å². The van der Waals surface area contributed by atoms with Crippen LogP contribution in [0.25, 0.3) is 0 Å². The zero-order valence-electron chi connectivity index (χ0n) is 7.80. The van der Waals surface area contributed by atoms with E-state index < -0.39 is 0 Å². The van der Waals surface area contributed by atoms with Gasteiger partial charge in [0, 0.05) is 0 Å². The Labute approximate surface area is 78.8 Å². The van der Waals surface area contributed by atoms with Crippen LogP contribution >= 0.6 is 0 Å². The fourth-order valence-corrected chi connectivity index (χ4v) is 2.21. The number of hydrogen-bond acceptors (Lipinski definition) is 0. The van der Waals surface area contributed by atoms with Crippen molar-refractivity contribution in [1.29, 1.82) is 0 Å². The molecule has 1 aromatic rings. The highest BCUT2D eigenvalue weighted by Gasteiger charge is 2.15. The number of rotatable bonds is 2. The van der Waals surface area contributed by atoms with Crippen molar-refractivity contribution in [2.45, 2.75) is 32.1 Å². The van der Waals surface area contributed by atoms with Gasteiger partial charge >= 0.3 is 0 Å².